The smallest absolute Gasteiger partial charge is 0.157 e. The number of nitrogens with zero attached hydrogens (tertiary/aromatic N) is 4. The Balaban J connectivity index is 2.59. The highest BCUT2D eigenvalue weighted by Gasteiger charge is 2.12. The Hall–Kier alpha value is -1.23. The number of aromatic nitrogens is 4. The molecule has 0 fully saturated rings. The molecule has 2 aromatic heterocycles. The second kappa shape index (κ2) is 4.56. The second-order valence-corrected chi connectivity index (χ2v) is 4.81. The molecule has 0 aliphatic carbocycles. The lowest BCUT2D eigenvalue weighted by Gasteiger charge is -2.06. The van der Waals surface area contributed by atoms with Crippen molar-refractivity contribution in [3.63, 3.8) is 0 Å². The molecule has 0 bridgehead atoms. The largest absolute Gasteiger partial charge is 0.238 e. The van der Waals surface area contributed by atoms with Crippen molar-refractivity contribution in [2.24, 2.45) is 0 Å². The summed E-state index contributed by atoms with van der Waals surface area (Å²) in [6.45, 7) is 7.99. The van der Waals surface area contributed by atoms with Gasteiger partial charge in [-0.15, -0.1) is 0 Å². The van der Waals surface area contributed by atoms with Crippen LogP contribution in [0.3, 0.4) is 0 Å². The van der Waals surface area contributed by atoms with E-state index in [1.54, 1.807) is 0 Å². The normalized spacial score (nSPS) is 10.9. The fourth-order valence-corrected chi connectivity index (χ4v) is 2.00. The third kappa shape index (κ3) is 2.24. The van der Waals surface area contributed by atoms with E-state index in [1.165, 1.54) is 0 Å². The highest BCUT2D eigenvalue weighted by Crippen LogP contribution is 2.22. The molecule has 0 saturated heterocycles. The van der Waals surface area contributed by atoms with Crippen LogP contribution >= 0.6 is 15.9 Å². The summed E-state index contributed by atoms with van der Waals surface area (Å²) in [5.74, 6) is 1.61. The molecule has 0 radical (unpaired) electrons. The Kier molecular flexibility index (Phi) is 3.28. The molecular weight excluding hydrogens is 280 g/mol. The lowest BCUT2D eigenvalue weighted by molar-refractivity contribution is 0.783. The molecule has 2 heterocycles. The number of halogens is 1. The summed E-state index contributed by atoms with van der Waals surface area (Å²) < 4.78 is 2.89. The van der Waals surface area contributed by atoms with Gasteiger partial charge in [-0.3, -0.25) is 0 Å². The zero-order chi connectivity index (χ0) is 12.6. The molecule has 90 valence electrons. The molecule has 0 spiro atoms. The van der Waals surface area contributed by atoms with Crippen molar-refractivity contribution in [1.82, 2.24) is 19.7 Å². The van der Waals surface area contributed by atoms with Crippen molar-refractivity contribution in [1.29, 1.82) is 0 Å². The molecule has 0 aliphatic rings. The van der Waals surface area contributed by atoms with E-state index in [-0.39, 0.29) is 0 Å². The zero-order valence-electron chi connectivity index (χ0n) is 10.5. The molecule has 2 aromatic rings. The summed E-state index contributed by atoms with van der Waals surface area (Å²) in [4.78, 5) is 8.81. The van der Waals surface area contributed by atoms with Gasteiger partial charge in [0.25, 0.3) is 0 Å². The first kappa shape index (κ1) is 12.2. The van der Waals surface area contributed by atoms with E-state index in [9.17, 15) is 0 Å². The Morgan fingerprint density at radius 1 is 1.24 bits per heavy atom. The minimum atomic E-state index is 0.781. The summed E-state index contributed by atoms with van der Waals surface area (Å²) in [6, 6.07) is 1.98. The third-order valence-corrected chi connectivity index (χ3v) is 3.81. The van der Waals surface area contributed by atoms with Crippen molar-refractivity contribution < 1.29 is 0 Å². The Labute approximate surface area is 109 Å². The average molecular weight is 295 g/mol. The van der Waals surface area contributed by atoms with Crippen LogP contribution < -0.4 is 0 Å². The van der Waals surface area contributed by atoms with E-state index >= 15 is 0 Å². The van der Waals surface area contributed by atoms with Gasteiger partial charge < -0.3 is 0 Å². The minimum Gasteiger partial charge on any atom is -0.238 e. The predicted molar refractivity (Wildman–Crippen MR) is 70.4 cm³/mol. The summed E-state index contributed by atoms with van der Waals surface area (Å²) in [5.41, 5.74) is 3.07. The maximum absolute atomic E-state index is 4.48. The fraction of sp³-hybridized carbons (Fsp3) is 0.417. The Morgan fingerprint density at radius 3 is 2.47 bits per heavy atom. The quantitative estimate of drug-likeness (QED) is 0.855. The van der Waals surface area contributed by atoms with E-state index in [0.29, 0.717) is 0 Å². The molecule has 0 N–H and O–H groups in total. The molecule has 0 unspecified atom stereocenters. The monoisotopic (exact) mass is 294 g/mol. The van der Waals surface area contributed by atoms with Gasteiger partial charge in [0.1, 0.15) is 5.82 Å². The molecule has 2 rings (SSSR count). The van der Waals surface area contributed by atoms with Crippen molar-refractivity contribution in [3.8, 4) is 5.82 Å². The molecule has 0 saturated carbocycles. The van der Waals surface area contributed by atoms with Crippen LogP contribution in [-0.4, -0.2) is 19.7 Å². The Bertz CT molecular complexity index is 560. The Morgan fingerprint density at radius 2 is 1.94 bits per heavy atom. The lowest BCUT2D eigenvalue weighted by Crippen LogP contribution is -2.06. The SMILES string of the molecule is CCc1cc(-n2nc(C)c(Br)c2C)nc(C)n1. The van der Waals surface area contributed by atoms with Gasteiger partial charge in [-0.1, -0.05) is 6.92 Å². The van der Waals surface area contributed by atoms with Crippen LogP contribution in [0.25, 0.3) is 5.82 Å². The molecule has 0 atom stereocenters. The number of aryl methyl sites for hydroxylation is 3. The van der Waals surface area contributed by atoms with Gasteiger partial charge in [0, 0.05) is 11.8 Å². The topological polar surface area (TPSA) is 43.6 Å². The molecule has 0 amide bonds. The number of rotatable bonds is 2. The highest BCUT2D eigenvalue weighted by molar-refractivity contribution is 9.10. The lowest BCUT2D eigenvalue weighted by atomic mass is 10.3. The van der Waals surface area contributed by atoms with Crippen LogP contribution in [0.2, 0.25) is 0 Å². The zero-order valence-corrected chi connectivity index (χ0v) is 12.0. The molecule has 4 nitrogen and oxygen atoms in total. The summed E-state index contributed by atoms with van der Waals surface area (Å²) in [7, 11) is 0. The molecular formula is C12H15BrN4. The van der Waals surface area contributed by atoms with Crippen molar-refractivity contribution in [2.75, 3.05) is 0 Å². The van der Waals surface area contributed by atoms with Crippen LogP contribution in [0, 0.1) is 20.8 Å². The van der Waals surface area contributed by atoms with Gasteiger partial charge in [-0.2, -0.15) is 5.10 Å². The van der Waals surface area contributed by atoms with E-state index in [4.69, 9.17) is 0 Å². The van der Waals surface area contributed by atoms with Gasteiger partial charge in [0.15, 0.2) is 5.82 Å². The van der Waals surface area contributed by atoms with Crippen molar-refractivity contribution >= 4 is 15.9 Å². The number of hydrogen-bond acceptors (Lipinski definition) is 3. The molecule has 17 heavy (non-hydrogen) atoms. The maximum atomic E-state index is 4.48. The molecule has 0 aliphatic heterocycles. The maximum Gasteiger partial charge on any atom is 0.157 e. The predicted octanol–water partition coefficient (Wildman–Crippen LogP) is 2.91. The third-order valence-electron chi connectivity index (χ3n) is 2.66. The first-order chi connectivity index (χ1) is 8.02. The minimum absolute atomic E-state index is 0.781. The van der Waals surface area contributed by atoms with E-state index < -0.39 is 0 Å². The van der Waals surface area contributed by atoms with E-state index in [0.717, 1.165) is 39.6 Å². The first-order valence-electron chi connectivity index (χ1n) is 5.59. The van der Waals surface area contributed by atoms with E-state index in [2.05, 4.69) is 37.9 Å². The van der Waals surface area contributed by atoms with Gasteiger partial charge >= 0.3 is 0 Å². The van der Waals surface area contributed by atoms with Crippen LogP contribution in [0.1, 0.15) is 29.8 Å². The highest BCUT2D eigenvalue weighted by atomic mass is 79.9. The van der Waals surface area contributed by atoms with E-state index in [1.807, 2.05) is 31.5 Å². The van der Waals surface area contributed by atoms with Gasteiger partial charge in [-0.25, -0.2) is 14.6 Å². The standard InChI is InChI=1S/C12H15BrN4/c1-5-10-6-11(15-9(4)14-10)17-8(3)12(13)7(2)16-17/h6H,5H2,1-4H3. The molecule has 0 aromatic carbocycles. The van der Waals surface area contributed by atoms with Gasteiger partial charge in [0.05, 0.1) is 15.9 Å². The van der Waals surface area contributed by atoms with Crippen molar-refractivity contribution in [3.05, 3.63) is 33.4 Å². The molecule has 5 heteroatoms. The summed E-state index contributed by atoms with van der Waals surface area (Å²) >= 11 is 3.52. The van der Waals surface area contributed by atoms with Crippen LogP contribution in [-0.2, 0) is 6.42 Å². The second-order valence-electron chi connectivity index (χ2n) is 4.01. The van der Waals surface area contributed by atoms with Crippen LogP contribution in [0.4, 0.5) is 0 Å². The van der Waals surface area contributed by atoms with Gasteiger partial charge in [-0.05, 0) is 43.1 Å². The fourth-order valence-electron chi connectivity index (χ4n) is 1.75. The summed E-state index contributed by atoms with van der Waals surface area (Å²) in [5, 5.41) is 4.48. The van der Waals surface area contributed by atoms with Crippen LogP contribution in [0.5, 0.6) is 0 Å². The van der Waals surface area contributed by atoms with Crippen LogP contribution in [0.15, 0.2) is 10.5 Å². The summed E-state index contributed by atoms with van der Waals surface area (Å²) in [6.07, 6.45) is 0.900. The number of hydrogen-bond donors (Lipinski definition) is 0. The first-order valence-corrected chi connectivity index (χ1v) is 6.39. The van der Waals surface area contributed by atoms with Crippen molar-refractivity contribution in [2.45, 2.75) is 34.1 Å². The average Bonchev–Trinajstić information content (AvgIpc) is 2.56. The van der Waals surface area contributed by atoms with Gasteiger partial charge in [0.2, 0.25) is 0 Å².